The lowest BCUT2D eigenvalue weighted by atomic mass is 9.78. The van der Waals surface area contributed by atoms with Gasteiger partial charge in [0, 0.05) is 6.42 Å². The Bertz CT molecular complexity index is 683. The van der Waals surface area contributed by atoms with Crippen molar-refractivity contribution in [2.75, 3.05) is 0 Å². The van der Waals surface area contributed by atoms with Crippen molar-refractivity contribution in [3.05, 3.63) is 11.6 Å². The van der Waals surface area contributed by atoms with E-state index in [4.69, 9.17) is 9.47 Å². The maximum Gasteiger partial charge on any atom is 0.316 e. The number of allylic oxidation sites excluding steroid dienone is 1. The lowest BCUT2D eigenvalue weighted by Crippen LogP contribution is -2.47. The summed E-state index contributed by atoms with van der Waals surface area (Å²) in [6, 6.07) is 0. The van der Waals surface area contributed by atoms with Crippen molar-refractivity contribution in [1.82, 2.24) is 0 Å². The van der Waals surface area contributed by atoms with Crippen LogP contribution in [0.2, 0.25) is 0 Å². The zero-order valence-corrected chi connectivity index (χ0v) is 17.3. The third-order valence-electron chi connectivity index (χ3n) is 6.59. The van der Waals surface area contributed by atoms with Crippen LogP contribution in [0.4, 0.5) is 0 Å². The largest absolute Gasteiger partial charge is 0.461 e. The van der Waals surface area contributed by atoms with Crippen molar-refractivity contribution in [2.24, 2.45) is 17.8 Å². The van der Waals surface area contributed by atoms with Crippen LogP contribution in [0.25, 0.3) is 0 Å². The predicted molar refractivity (Wildman–Crippen MR) is 102 cm³/mol. The second kappa shape index (κ2) is 8.07. The summed E-state index contributed by atoms with van der Waals surface area (Å²) in [6.07, 6.45) is 2.57. The Kier molecular flexibility index (Phi) is 6.11. The average molecular weight is 392 g/mol. The van der Waals surface area contributed by atoms with Crippen molar-refractivity contribution in [3.8, 4) is 0 Å². The van der Waals surface area contributed by atoms with Crippen LogP contribution in [0, 0.1) is 17.8 Å². The Balaban J connectivity index is 1.97. The van der Waals surface area contributed by atoms with Gasteiger partial charge in [0.2, 0.25) is 0 Å². The first-order chi connectivity index (χ1) is 13.1. The molecule has 0 aromatic heterocycles. The Morgan fingerprint density at radius 3 is 2.68 bits per heavy atom. The van der Waals surface area contributed by atoms with Gasteiger partial charge in [-0.3, -0.25) is 14.4 Å². The Morgan fingerprint density at radius 1 is 1.29 bits per heavy atom. The van der Waals surface area contributed by atoms with Gasteiger partial charge in [-0.2, -0.15) is 0 Å². The molecule has 0 radical (unpaired) electrons. The number of rotatable bonds is 2. The van der Waals surface area contributed by atoms with Crippen LogP contribution in [0.15, 0.2) is 11.6 Å². The van der Waals surface area contributed by atoms with Gasteiger partial charge in [-0.1, -0.05) is 20.3 Å². The quantitative estimate of drug-likeness (QED) is 0.574. The number of aliphatic hydroxyl groups is 1. The van der Waals surface area contributed by atoms with Gasteiger partial charge in [-0.25, -0.2) is 0 Å². The highest BCUT2D eigenvalue weighted by Crippen LogP contribution is 2.42. The minimum absolute atomic E-state index is 0.0251. The summed E-state index contributed by atoms with van der Waals surface area (Å²) in [5.74, 6) is -1.95. The first kappa shape index (κ1) is 21.2. The molecule has 2 saturated heterocycles. The van der Waals surface area contributed by atoms with Crippen LogP contribution in [-0.4, -0.2) is 46.6 Å². The third kappa shape index (κ3) is 4.08. The lowest BCUT2D eigenvalue weighted by molar-refractivity contribution is -0.172. The van der Waals surface area contributed by atoms with Gasteiger partial charge < -0.3 is 14.6 Å². The molecule has 0 aromatic rings. The Morgan fingerprint density at radius 2 is 2.00 bits per heavy atom. The molecule has 6 nitrogen and oxygen atoms in total. The number of ketones is 2. The highest BCUT2D eigenvalue weighted by Gasteiger charge is 2.48. The number of carbonyl (C=O) groups excluding carboxylic acids is 3. The zero-order chi connectivity index (χ0) is 20.6. The molecule has 1 N–H and O–H groups in total. The summed E-state index contributed by atoms with van der Waals surface area (Å²) < 4.78 is 11.8. The summed E-state index contributed by atoms with van der Waals surface area (Å²) in [6.45, 7) is 7.62. The minimum Gasteiger partial charge on any atom is -0.461 e. The molecule has 0 unspecified atom stereocenters. The number of aliphatic hydroxyl groups excluding tert-OH is 1. The number of carbonyl (C=O) groups is 3. The van der Waals surface area contributed by atoms with E-state index < -0.39 is 41.7 Å². The van der Waals surface area contributed by atoms with Gasteiger partial charge in [0.25, 0.3) is 0 Å². The number of fused-ring (bicyclic) bond motifs is 6. The molecule has 0 aromatic carbocycles. The SMILES string of the molecule is CCC[C@H]1C(=O)[C@H]2CC[C@@]3(C)C[C@H](C)[C@@H](O3)[C@H](O)/C=C(\C)C(=O)C[C@H]1OC2=O. The van der Waals surface area contributed by atoms with E-state index in [1.54, 1.807) is 13.0 Å². The molecule has 156 valence electrons. The van der Waals surface area contributed by atoms with Gasteiger partial charge in [0.1, 0.15) is 12.0 Å². The monoisotopic (exact) mass is 392 g/mol. The zero-order valence-electron chi connectivity index (χ0n) is 17.3. The standard InChI is InChI=1S/C22H32O6/c1-5-6-14-18-10-16(23)12(2)9-17(24)20-13(3)11-22(4,28-20)8-7-15(19(14)25)21(26)27-18/h9,13-15,17-18,20,24H,5-8,10-11H2,1-4H3/b12-9+/t13-,14+,15+,17+,18+,20+,22-/m0/s1. The normalized spacial score (nSPS) is 44.0. The maximum atomic E-state index is 13.1. The molecule has 4 rings (SSSR count). The van der Waals surface area contributed by atoms with Gasteiger partial charge in [0.05, 0.1) is 23.7 Å². The van der Waals surface area contributed by atoms with Crippen LogP contribution >= 0.6 is 0 Å². The van der Waals surface area contributed by atoms with Crippen LogP contribution < -0.4 is 0 Å². The molecule has 4 heterocycles. The molecule has 2 fully saturated rings. The molecular weight excluding hydrogens is 360 g/mol. The van der Waals surface area contributed by atoms with E-state index in [2.05, 4.69) is 0 Å². The van der Waals surface area contributed by atoms with E-state index in [1.165, 1.54) is 0 Å². The first-order valence-electron chi connectivity index (χ1n) is 10.5. The van der Waals surface area contributed by atoms with E-state index >= 15 is 0 Å². The Hall–Kier alpha value is -1.53. The number of esters is 1. The number of Topliss-reactive ketones (excluding diaryl/α,β-unsaturated/α-hetero) is 2. The molecule has 0 amide bonds. The van der Waals surface area contributed by atoms with Crippen molar-refractivity contribution >= 4 is 17.5 Å². The van der Waals surface area contributed by atoms with E-state index in [0.717, 1.165) is 12.8 Å². The summed E-state index contributed by atoms with van der Waals surface area (Å²) in [4.78, 5) is 38.4. The van der Waals surface area contributed by atoms with Crippen molar-refractivity contribution in [2.45, 2.75) is 90.1 Å². The van der Waals surface area contributed by atoms with Gasteiger partial charge in [0.15, 0.2) is 11.6 Å². The molecule has 0 spiro atoms. The van der Waals surface area contributed by atoms with Crippen LogP contribution in [0.1, 0.15) is 66.2 Å². The molecule has 4 aliphatic rings. The van der Waals surface area contributed by atoms with Gasteiger partial charge in [-0.05, 0) is 57.1 Å². The van der Waals surface area contributed by atoms with E-state index in [0.29, 0.717) is 24.8 Å². The smallest absolute Gasteiger partial charge is 0.316 e. The maximum absolute atomic E-state index is 13.1. The summed E-state index contributed by atoms with van der Waals surface area (Å²) in [5, 5.41) is 10.6. The second-order valence-electron chi connectivity index (χ2n) is 9.05. The van der Waals surface area contributed by atoms with Crippen LogP contribution in [0.3, 0.4) is 0 Å². The first-order valence-corrected chi connectivity index (χ1v) is 10.5. The summed E-state index contributed by atoms with van der Waals surface area (Å²) in [5.41, 5.74) is -0.103. The van der Waals surface area contributed by atoms with E-state index in [-0.39, 0.29) is 23.9 Å². The topological polar surface area (TPSA) is 89.9 Å². The van der Waals surface area contributed by atoms with E-state index in [9.17, 15) is 19.5 Å². The number of ether oxygens (including phenoxy) is 2. The summed E-state index contributed by atoms with van der Waals surface area (Å²) >= 11 is 0. The minimum atomic E-state index is -0.864. The fraction of sp³-hybridized carbons (Fsp3) is 0.773. The molecule has 0 saturated carbocycles. The van der Waals surface area contributed by atoms with Crippen molar-refractivity contribution in [3.63, 3.8) is 0 Å². The highest BCUT2D eigenvalue weighted by atomic mass is 16.5. The third-order valence-corrected chi connectivity index (χ3v) is 6.59. The van der Waals surface area contributed by atoms with Crippen LogP contribution in [-0.2, 0) is 23.9 Å². The molecule has 4 aliphatic heterocycles. The number of hydrogen-bond acceptors (Lipinski definition) is 6. The Labute approximate surface area is 166 Å². The van der Waals surface area contributed by atoms with Crippen molar-refractivity contribution < 1.29 is 29.0 Å². The molecule has 4 bridgehead atoms. The molecular formula is C22H32O6. The number of hydrogen-bond donors (Lipinski definition) is 1. The predicted octanol–water partition coefficient (Wildman–Crippen LogP) is 2.76. The molecule has 7 atom stereocenters. The highest BCUT2D eigenvalue weighted by molar-refractivity contribution is 6.03. The van der Waals surface area contributed by atoms with Crippen LogP contribution in [0.5, 0.6) is 0 Å². The lowest BCUT2D eigenvalue weighted by Gasteiger charge is -2.35. The second-order valence-corrected chi connectivity index (χ2v) is 9.05. The van der Waals surface area contributed by atoms with Crippen molar-refractivity contribution in [1.29, 1.82) is 0 Å². The summed E-state index contributed by atoms with van der Waals surface area (Å²) in [7, 11) is 0. The molecule has 0 aliphatic carbocycles. The fourth-order valence-corrected chi connectivity index (χ4v) is 5.05. The average Bonchev–Trinajstić information content (AvgIpc) is 2.92. The fourth-order valence-electron chi connectivity index (χ4n) is 5.05. The van der Waals surface area contributed by atoms with Gasteiger partial charge >= 0.3 is 5.97 Å². The molecule has 6 heteroatoms. The van der Waals surface area contributed by atoms with Gasteiger partial charge in [-0.15, -0.1) is 0 Å². The molecule has 28 heavy (non-hydrogen) atoms. The van der Waals surface area contributed by atoms with E-state index in [1.807, 2.05) is 20.8 Å².